The summed E-state index contributed by atoms with van der Waals surface area (Å²) < 4.78 is 14.4. The van der Waals surface area contributed by atoms with E-state index in [1.54, 1.807) is 12.1 Å². The number of amidine groups is 1. The van der Waals surface area contributed by atoms with Crippen molar-refractivity contribution in [3.8, 4) is 0 Å². The van der Waals surface area contributed by atoms with Crippen molar-refractivity contribution in [3.63, 3.8) is 0 Å². The zero-order valence-electron chi connectivity index (χ0n) is 12.6. The molecule has 1 aliphatic rings. The summed E-state index contributed by atoms with van der Waals surface area (Å²) in [5.41, 5.74) is 6.22. The van der Waals surface area contributed by atoms with Crippen LogP contribution in [0.15, 0.2) is 23.4 Å². The number of rotatable bonds is 4. The van der Waals surface area contributed by atoms with Crippen LogP contribution in [0.25, 0.3) is 0 Å². The molecule has 3 N–H and O–H groups in total. The molecule has 5 nitrogen and oxygen atoms in total. The highest BCUT2D eigenvalue weighted by atomic mass is 19.1. The van der Waals surface area contributed by atoms with Crippen molar-refractivity contribution in [2.24, 2.45) is 10.9 Å². The standard InChI is InChI=1S/C15H23FN4O/c1-11(2)20-8-6-19(7-9-20)10-12-4-3-5-13(14(12)16)15(17)18-21/h3-5,11,21H,6-10H2,1-2H3,(H2,17,18). The zero-order valence-corrected chi connectivity index (χ0v) is 12.6. The van der Waals surface area contributed by atoms with E-state index in [9.17, 15) is 4.39 Å². The third-order valence-corrected chi connectivity index (χ3v) is 3.99. The van der Waals surface area contributed by atoms with Crippen LogP contribution in [-0.4, -0.2) is 53.1 Å². The topological polar surface area (TPSA) is 65.1 Å². The first-order chi connectivity index (χ1) is 10.0. The van der Waals surface area contributed by atoms with Gasteiger partial charge in [0.25, 0.3) is 0 Å². The lowest BCUT2D eigenvalue weighted by Gasteiger charge is -2.37. The van der Waals surface area contributed by atoms with Gasteiger partial charge < -0.3 is 10.9 Å². The summed E-state index contributed by atoms with van der Waals surface area (Å²) in [6, 6.07) is 5.55. The minimum absolute atomic E-state index is 0.149. The van der Waals surface area contributed by atoms with Crippen LogP contribution in [0.1, 0.15) is 25.0 Å². The van der Waals surface area contributed by atoms with Gasteiger partial charge in [-0.1, -0.05) is 17.3 Å². The van der Waals surface area contributed by atoms with Gasteiger partial charge in [-0.25, -0.2) is 4.39 Å². The van der Waals surface area contributed by atoms with Crippen molar-refractivity contribution < 1.29 is 9.60 Å². The maximum atomic E-state index is 14.4. The van der Waals surface area contributed by atoms with Gasteiger partial charge in [-0.05, 0) is 19.9 Å². The van der Waals surface area contributed by atoms with Gasteiger partial charge in [-0.15, -0.1) is 0 Å². The van der Waals surface area contributed by atoms with Gasteiger partial charge in [0, 0.05) is 44.3 Å². The smallest absolute Gasteiger partial charge is 0.173 e. The Morgan fingerprint density at radius 1 is 1.33 bits per heavy atom. The van der Waals surface area contributed by atoms with Crippen LogP contribution in [0.5, 0.6) is 0 Å². The first-order valence-electron chi connectivity index (χ1n) is 7.24. The second-order valence-corrected chi connectivity index (χ2v) is 5.67. The summed E-state index contributed by atoms with van der Waals surface area (Å²) in [4.78, 5) is 4.65. The van der Waals surface area contributed by atoms with E-state index >= 15 is 0 Å². The molecule has 1 heterocycles. The second kappa shape index (κ2) is 6.87. The molecule has 0 spiro atoms. The predicted octanol–water partition coefficient (Wildman–Crippen LogP) is 1.45. The molecule has 21 heavy (non-hydrogen) atoms. The van der Waals surface area contributed by atoms with Gasteiger partial charge in [-0.2, -0.15) is 0 Å². The van der Waals surface area contributed by atoms with Gasteiger partial charge in [0.05, 0.1) is 5.56 Å². The van der Waals surface area contributed by atoms with E-state index in [0.29, 0.717) is 18.2 Å². The lowest BCUT2D eigenvalue weighted by Crippen LogP contribution is -2.48. The van der Waals surface area contributed by atoms with E-state index < -0.39 is 5.82 Å². The Bertz CT molecular complexity index is 510. The van der Waals surface area contributed by atoms with Crippen LogP contribution in [0.2, 0.25) is 0 Å². The number of piperazine rings is 1. The molecule has 1 saturated heterocycles. The van der Waals surface area contributed by atoms with E-state index in [2.05, 4.69) is 28.8 Å². The molecule has 0 atom stereocenters. The van der Waals surface area contributed by atoms with Crippen molar-refractivity contribution in [3.05, 3.63) is 35.1 Å². The molecular formula is C15H23FN4O. The Kier molecular flexibility index (Phi) is 5.14. The fourth-order valence-electron chi connectivity index (χ4n) is 2.63. The normalized spacial score (nSPS) is 18.4. The summed E-state index contributed by atoms with van der Waals surface area (Å²) in [5.74, 6) is -0.599. The molecule has 6 heteroatoms. The minimum atomic E-state index is -0.404. The van der Waals surface area contributed by atoms with Crippen LogP contribution in [-0.2, 0) is 6.54 Å². The Labute approximate surface area is 124 Å². The molecule has 0 aromatic heterocycles. The fourth-order valence-corrected chi connectivity index (χ4v) is 2.63. The fraction of sp³-hybridized carbons (Fsp3) is 0.533. The van der Waals surface area contributed by atoms with Crippen LogP contribution in [0, 0.1) is 5.82 Å². The third kappa shape index (κ3) is 3.71. The first kappa shape index (κ1) is 15.7. The highest BCUT2D eigenvalue weighted by Crippen LogP contribution is 2.16. The van der Waals surface area contributed by atoms with Gasteiger partial charge in [0.2, 0.25) is 0 Å². The number of hydrogen-bond donors (Lipinski definition) is 2. The van der Waals surface area contributed by atoms with E-state index in [0.717, 1.165) is 26.2 Å². The highest BCUT2D eigenvalue weighted by Gasteiger charge is 2.20. The molecule has 1 fully saturated rings. The minimum Gasteiger partial charge on any atom is -0.409 e. The van der Waals surface area contributed by atoms with Crippen molar-refractivity contribution in [2.45, 2.75) is 26.4 Å². The van der Waals surface area contributed by atoms with E-state index in [4.69, 9.17) is 10.9 Å². The molecule has 0 bridgehead atoms. The van der Waals surface area contributed by atoms with E-state index in [1.807, 2.05) is 0 Å². The van der Waals surface area contributed by atoms with E-state index in [1.165, 1.54) is 6.07 Å². The number of halogens is 1. The van der Waals surface area contributed by atoms with Crippen molar-refractivity contribution in [2.75, 3.05) is 26.2 Å². The van der Waals surface area contributed by atoms with Crippen LogP contribution in [0.3, 0.4) is 0 Å². The monoisotopic (exact) mass is 294 g/mol. The molecular weight excluding hydrogens is 271 g/mol. The quantitative estimate of drug-likeness (QED) is 0.382. The number of nitrogens with zero attached hydrogens (tertiary/aromatic N) is 3. The molecule has 1 aromatic carbocycles. The van der Waals surface area contributed by atoms with Crippen LogP contribution < -0.4 is 5.73 Å². The average Bonchev–Trinajstić information content (AvgIpc) is 2.49. The maximum Gasteiger partial charge on any atom is 0.173 e. The lowest BCUT2D eigenvalue weighted by atomic mass is 10.1. The molecule has 0 amide bonds. The highest BCUT2D eigenvalue weighted by molar-refractivity contribution is 5.97. The summed E-state index contributed by atoms with van der Waals surface area (Å²) in [6.45, 7) is 8.77. The van der Waals surface area contributed by atoms with Crippen molar-refractivity contribution in [1.82, 2.24) is 9.80 Å². The number of benzene rings is 1. The number of hydrogen-bond acceptors (Lipinski definition) is 4. The van der Waals surface area contributed by atoms with Crippen molar-refractivity contribution in [1.29, 1.82) is 0 Å². The summed E-state index contributed by atoms with van der Waals surface area (Å²) >= 11 is 0. The van der Waals surface area contributed by atoms with Gasteiger partial charge in [-0.3, -0.25) is 9.80 Å². The number of oxime groups is 1. The average molecular weight is 294 g/mol. The second-order valence-electron chi connectivity index (χ2n) is 5.67. The van der Waals surface area contributed by atoms with Crippen LogP contribution >= 0.6 is 0 Å². The van der Waals surface area contributed by atoms with Gasteiger partial charge in [0.15, 0.2) is 5.84 Å². The van der Waals surface area contributed by atoms with Gasteiger partial charge in [0.1, 0.15) is 5.82 Å². The van der Waals surface area contributed by atoms with Crippen molar-refractivity contribution >= 4 is 5.84 Å². The first-order valence-corrected chi connectivity index (χ1v) is 7.24. The molecule has 116 valence electrons. The maximum absolute atomic E-state index is 14.4. The molecule has 0 unspecified atom stereocenters. The summed E-state index contributed by atoms with van der Waals surface area (Å²) in [5, 5.41) is 11.6. The Morgan fingerprint density at radius 2 is 2.00 bits per heavy atom. The van der Waals surface area contributed by atoms with Gasteiger partial charge >= 0.3 is 0 Å². The van der Waals surface area contributed by atoms with E-state index in [-0.39, 0.29) is 11.4 Å². The largest absolute Gasteiger partial charge is 0.409 e. The Balaban J connectivity index is 2.04. The Hall–Kier alpha value is -1.66. The number of nitrogens with two attached hydrogens (primary N) is 1. The Morgan fingerprint density at radius 3 is 2.57 bits per heavy atom. The lowest BCUT2D eigenvalue weighted by molar-refractivity contribution is 0.103. The predicted molar refractivity (Wildman–Crippen MR) is 80.9 cm³/mol. The molecule has 2 rings (SSSR count). The summed E-state index contributed by atoms with van der Waals surface area (Å²) in [7, 11) is 0. The molecule has 0 saturated carbocycles. The molecule has 1 aromatic rings. The SMILES string of the molecule is CC(C)N1CCN(Cc2cccc(/C(N)=N/O)c2F)CC1. The molecule has 0 radical (unpaired) electrons. The molecule has 1 aliphatic heterocycles. The van der Waals surface area contributed by atoms with Crippen LogP contribution in [0.4, 0.5) is 4.39 Å². The summed E-state index contributed by atoms with van der Waals surface area (Å²) in [6.07, 6.45) is 0. The zero-order chi connectivity index (χ0) is 15.4. The third-order valence-electron chi connectivity index (χ3n) is 3.99. The molecule has 0 aliphatic carbocycles.